The van der Waals surface area contributed by atoms with E-state index in [0.29, 0.717) is 35.1 Å². The van der Waals surface area contributed by atoms with Gasteiger partial charge in [0.15, 0.2) is 11.5 Å². The van der Waals surface area contributed by atoms with Crippen LogP contribution < -0.4 is 14.2 Å². The number of aromatic amines is 1. The Morgan fingerprint density at radius 3 is 2.45 bits per heavy atom. The van der Waals surface area contributed by atoms with Crippen molar-refractivity contribution in [3.63, 3.8) is 0 Å². The summed E-state index contributed by atoms with van der Waals surface area (Å²) in [4.78, 5) is 7.06. The molecular weight excluding hydrogens is 260 g/mol. The molecule has 1 unspecified atom stereocenters. The Hall–Kier alpha value is -2.21. The van der Waals surface area contributed by atoms with Crippen molar-refractivity contribution in [2.24, 2.45) is 0 Å². The fourth-order valence-electron chi connectivity index (χ4n) is 2.09. The largest absolute Gasteiger partial charge is 0.493 e. The van der Waals surface area contributed by atoms with Crippen LogP contribution in [0.3, 0.4) is 0 Å². The lowest BCUT2D eigenvalue weighted by Gasteiger charge is -2.18. The van der Waals surface area contributed by atoms with Crippen molar-refractivity contribution in [3.05, 3.63) is 35.9 Å². The molecule has 0 saturated heterocycles. The van der Waals surface area contributed by atoms with Crippen molar-refractivity contribution in [3.8, 4) is 17.2 Å². The Bertz CT molecular complexity index is 555. The second-order valence-electron chi connectivity index (χ2n) is 4.18. The van der Waals surface area contributed by atoms with Gasteiger partial charge in [0.2, 0.25) is 5.75 Å². The summed E-state index contributed by atoms with van der Waals surface area (Å²) >= 11 is 0. The average molecular weight is 278 g/mol. The molecule has 1 aromatic heterocycles. The van der Waals surface area contributed by atoms with E-state index in [1.807, 2.05) is 0 Å². The molecule has 6 heteroatoms. The van der Waals surface area contributed by atoms with Gasteiger partial charge >= 0.3 is 0 Å². The number of imidazole rings is 1. The van der Waals surface area contributed by atoms with Crippen molar-refractivity contribution >= 4 is 0 Å². The number of aromatic nitrogens is 2. The lowest BCUT2D eigenvalue weighted by atomic mass is 10.0. The standard InChI is InChI=1S/C14H18N2O4/c1-18-11-5-4-9(13(19-2)14(11)20-3)10(17)8-12-15-6-7-16-12/h4-7,10,17H,8H2,1-3H3,(H,15,16). The van der Waals surface area contributed by atoms with E-state index >= 15 is 0 Å². The number of ether oxygens (including phenoxy) is 3. The third-order valence-electron chi connectivity index (χ3n) is 3.04. The molecule has 2 rings (SSSR count). The van der Waals surface area contributed by atoms with Crippen molar-refractivity contribution in [1.29, 1.82) is 0 Å². The highest BCUT2D eigenvalue weighted by Gasteiger charge is 2.21. The molecule has 20 heavy (non-hydrogen) atoms. The molecule has 0 spiro atoms. The SMILES string of the molecule is COc1ccc(C(O)Cc2ncc[nH]2)c(OC)c1OC. The summed E-state index contributed by atoms with van der Waals surface area (Å²) in [6.45, 7) is 0. The van der Waals surface area contributed by atoms with Gasteiger partial charge in [-0.3, -0.25) is 0 Å². The summed E-state index contributed by atoms with van der Waals surface area (Å²) in [6, 6.07) is 3.50. The minimum absolute atomic E-state index is 0.360. The van der Waals surface area contributed by atoms with E-state index in [-0.39, 0.29) is 0 Å². The maximum absolute atomic E-state index is 10.4. The number of methoxy groups -OCH3 is 3. The molecule has 1 atom stereocenters. The Balaban J connectivity index is 2.35. The van der Waals surface area contributed by atoms with Gasteiger partial charge < -0.3 is 24.3 Å². The lowest BCUT2D eigenvalue weighted by Crippen LogP contribution is -2.07. The maximum Gasteiger partial charge on any atom is 0.203 e. The van der Waals surface area contributed by atoms with Crippen molar-refractivity contribution in [1.82, 2.24) is 9.97 Å². The zero-order chi connectivity index (χ0) is 14.5. The van der Waals surface area contributed by atoms with Gasteiger partial charge in [-0.2, -0.15) is 0 Å². The smallest absolute Gasteiger partial charge is 0.203 e. The van der Waals surface area contributed by atoms with Crippen molar-refractivity contribution < 1.29 is 19.3 Å². The zero-order valence-corrected chi connectivity index (χ0v) is 11.7. The first-order chi connectivity index (χ1) is 9.71. The third-order valence-corrected chi connectivity index (χ3v) is 3.04. The second-order valence-corrected chi connectivity index (χ2v) is 4.18. The van der Waals surface area contributed by atoms with Crippen LogP contribution in [0.4, 0.5) is 0 Å². The van der Waals surface area contributed by atoms with Crippen LogP contribution in [0.1, 0.15) is 17.5 Å². The number of aliphatic hydroxyl groups is 1. The number of H-pyrrole nitrogens is 1. The van der Waals surface area contributed by atoms with E-state index < -0.39 is 6.10 Å². The predicted molar refractivity (Wildman–Crippen MR) is 73.3 cm³/mol. The number of benzene rings is 1. The number of aliphatic hydroxyl groups excluding tert-OH is 1. The van der Waals surface area contributed by atoms with E-state index in [1.165, 1.54) is 14.2 Å². The van der Waals surface area contributed by atoms with Crippen LogP contribution in [0.5, 0.6) is 17.2 Å². The number of hydrogen-bond acceptors (Lipinski definition) is 5. The molecule has 0 fully saturated rings. The number of rotatable bonds is 6. The molecule has 0 saturated carbocycles. The molecule has 0 bridgehead atoms. The highest BCUT2D eigenvalue weighted by molar-refractivity contribution is 5.56. The minimum Gasteiger partial charge on any atom is -0.493 e. The summed E-state index contributed by atoms with van der Waals surface area (Å²) in [5.41, 5.74) is 0.626. The monoisotopic (exact) mass is 278 g/mol. The van der Waals surface area contributed by atoms with Crippen LogP contribution in [0, 0.1) is 0 Å². The summed E-state index contributed by atoms with van der Waals surface area (Å²) < 4.78 is 15.9. The molecule has 2 aromatic rings. The van der Waals surface area contributed by atoms with Gasteiger partial charge in [-0.05, 0) is 12.1 Å². The Morgan fingerprint density at radius 2 is 1.90 bits per heavy atom. The number of nitrogens with one attached hydrogen (secondary N) is 1. The van der Waals surface area contributed by atoms with Crippen LogP contribution in [0.2, 0.25) is 0 Å². The minimum atomic E-state index is -0.754. The third kappa shape index (κ3) is 2.70. The van der Waals surface area contributed by atoms with Crippen LogP contribution in [-0.2, 0) is 6.42 Å². The van der Waals surface area contributed by atoms with Gasteiger partial charge in [-0.25, -0.2) is 4.98 Å². The molecule has 2 N–H and O–H groups in total. The molecule has 6 nitrogen and oxygen atoms in total. The first-order valence-electron chi connectivity index (χ1n) is 6.16. The van der Waals surface area contributed by atoms with Gasteiger partial charge in [-0.1, -0.05) is 0 Å². The summed E-state index contributed by atoms with van der Waals surface area (Å²) in [5.74, 6) is 2.18. The van der Waals surface area contributed by atoms with Gasteiger partial charge in [0.05, 0.1) is 27.4 Å². The van der Waals surface area contributed by atoms with E-state index in [9.17, 15) is 5.11 Å². The van der Waals surface area contributed by atoms with Gasteiger partial charge in [0.1, 0.15) is 5.82 Å². The van der Waals surface area contributed by atoms with Crippen molar-refractivity contribution in [2.45, 2.75) is 12.5 Å². The summed E-state index contributed by atoms with van der Waals surface area (Å²) in [5, 5.41) is 10.4. The van der Waals surface area contributed by atoms with Gasteiger partial charge in [0.25, 0.3) is 0 Å². The first kappa shape index (κ1) is 14.2. The molecule has 0 aliphatic carbocycles. The summed E-state index contributed by atoms with van der Waals surface area (Å²) in [6.07, 6.45) is 2.97. The highest BCUT2D eigenvalue weighted by Crippen LogP contribution is 2.42. The van der Waals surface area contributed by atoms with Crippen LogP contribution in [0.25, 0.3) is 0 Å². The van der Waals surface area contributed by atoms with Gasteiger partial charge in [0, 0.05) is 24.4 Å². The second kappa shape index (κ2) is 6.29. The zero-order valence-electron chi connectivity index (χ0n) is 11.7. The normalized spacial score (nSPS) is 12.0. The van der Waals surface area contributed by atoms with Crippen LogP contribution >= 0.6 is 0 Å². The Morgan fingerprint density at radius 1 is 1.15 bits per heavy atom. The fourth-order valence-corrected chi connectivity index (χ4v) is 2.09. The Kier molecular flexibility index (Phi) is 4.47. The number of nitrogens with zero attached hydrogens (tertiary/aromatic N) is 1. The fraction of sp³-hybridized carbons (Fsp3) is 0.357. The molecule has 0 amide bonds. The molecule has 0 radical (unpaired) electrons. The van der Waals surface area contributed by atoms with Crippen molar-refractivity contribution in [2.75, 3.05) is 21.3 Å². The topological polar surface area (TPSA) is 76.6 Å². The summed E-state index contributed by atoms with van der Waals surface area (Å²) in [7, 11) is 4.61. The quantitative estimate of drug-likeness (QED) is 0.841. The predicted octanol–water partition coefficient (Wildman–Crippen LogP) is 1.71. The average Bonchev–Trinajstić information content (AvgIpc) is 2.98. The van der Waals surface area contributed by atoms with E-state index in [1.54, 1.807) is 31.6 Å². The molecule has 1 heterocycles. The molecular formula is C14H18N2O4. The van der Waals surface area contributed by atoms with E-state index in [0.717, 1.165) is 0 Å². The molecule has 108 valence electrons. The van der Waals surface area contributed by atoms with Crippen LogP contribution in [-0.4, -0.2) is 36.4 Å². The van der Waals surface area contributed by atoms with Gasteiger partial charge in [-0.15, -0.1) is 0 Å². The molecule has 0 aliphatic rings. The Labute approximate surface area is 117 Å². The first-order valence-corrected chi connectivity index (χ1v) is 6.16. The maximum atomic E-state index is 10.4. The molecule has 0 aliphatic heterocycles. The lowest BCUT2D eigenvalue weighted by molar-refractivity contribution is 0.170. The molecule has 1 aromatic carbocycles. The van der Waals surface area contributed by atoms with E-state index in [4.69, 9.17) is 14.2 Å². The highest BCUT2D eigenvalue weighted by atomic mass is 16.5. The van der Waals surface area contributed by atoms with E-state index in [2.05, 4.69) is 9.97 Å². The van der Waals surface area contributed by atoms with Crippen LogP contribution in [0.15, 0.2) is 24.5 Å². The number of hydrogen-bond donors (Lipinski definition) is 2.